The van der Waals surface area contributed by atoms with Crippen molar-refractivity contribution in [1.82, 2.24) is 4.90 Å². The average molecular weight is 311 g/mol. The maximum absolute atomic E-state index is 13.7. The van der Waals surface area contributed by atoms with Gasteiger partial charge in [-0.05, 0) is 6.42 Å². The molecule has 2 rings (SSSR count). The summed E-state index contributed by atoms with van der Waals surface area (Å²) in [4.78, 5) is 23.7. The number of primary amides is 2. The first-order valence-corrected chi connectivity index (χ1v) is 6.20. The third-order valence-electron chi connectivity index (χ3n) is 3.14. The van der Waals surface area contributed by atoms with E-state index in [9.17, 15) is 22.8 Å². The van der Waals surface area contributed by atoms with Gasteiger partial charge in [0.05, 0.1) is 6.54 Å². The van der Waals surface area contributed by atoms with Crippen molar-refractivity contribution in [3.63, 3.8) is 0 Å². The lowest BCUT2D eigenvalue weighted by Gasteiger charge is -2.26. The molecule has 4 N–H and O–H groups in total. The number of nitrogens with zero attached hydrogens (tertiary/aromatic N) is 1. The van der Waals surface area contributed by atoms with Crippen LogP contribution >= 0.6 is 0 Å². The average Bonchev–Trinajstić information content (AvgIpc) is 2.42. The van der Waals surface area contributed by atoms with Crippen LogP contribution in [0.4, 0.5) is 13.2 Å². The van der Waals surface area contributed by atoms with Crippen LogP contribution in [0.15, 0.2) is 35.7 Å². The van der Waals surface area contributed by atoms with Crippen molar-refractivity contribution in [2.75, 3.05) is 0 Å². The number of amides is 2. The Kier molecular flexibility index (Phi) is 4.20. The van der Waals surface area contributed by atoms with Gasteiger partial charge in [0, 0.05) is 29.5 Å². The van der Waals surface area contributed by atoms with Gasteiger partial charge in [0.2, 0.25) is 5.91 Å². The van der Waals surface area contributed by atoms with Crippen LogP contribution in [0.25, 0.3) is 0 Å². The van der Waals surface area contributed by atoms with Crippen molar-refractivity contribution in [2.24, 2.45) is 11.5 Å². The number of benzene rings is 1. The molecule has 5 nitrogen and oxygen atoms in total. The Bertz CT molecular complexity index is 690. The van der Waals surface area contributed by atoms with E-state index in [1.165, 1.54) is 12.3 Å². The van der Waals surface area contributed by atoms with Gasteiger partial charge in [0.1, 0.15) is 23.1 Å². The molecular formula is C14H12F3N3O2. The lowest BCUT2D eigenvalue weighted by atomic mass is 10.1. The molecule has 1 aromatic carbocycles. The molecule has 0 aliphatic carbocycles. The molecule has 0 radical (unpaired) electrons. The second kappa shape index (κ2) is 5.92. The minimum atomic E-state index is -1.11. The van der Waals surface area contributed by atoms with Gasteiger partial charge < -0.3 is 16.4 Å². The zero-order valence-electron chi connectivity index (χ0n) is 11.3. The summed E-state index contributed by atoms with van der Waals surface area (Å²) in [6, 6.07) is 1.05. The number of carbonyl (C=O) groups excluding carboxylic acids is 2. The second-order valence-corrected chi connectivity index (χ2v) is 4.65. The molecule has 1 aliphatic heterocycles. The number of rotatable bonds is 4. The first kappa shape index (κ1) is 15.6. The Labute approximate surface area is 123 Å². The van der Waals surface area contributed by atoms with Crippen LogP contribution in [0.1, 0.15) is 12.0 Å². The molecule has 0 spiro atoms. The van der Waals surface area contributed by atoms with E-state index in [2.05, 4.69) is 0 Å². The van der Waals surface area contributed by atoms with Crippen molar-refractivity contribution >= 4 is 11.8 Å². The largest absolute Gasteiger partial charge is 0.366 e. The summed E-state index contributed by atoms with van der Waals surface area (Å²) < 4.78 is 40.3. The number of hydrogen-bond donors (Lipinski definition) is 2. The van der Waals surface area contributed by atoms with Crippen molar-refractivity contribution in [3.05, 3.63) is 58.7 Å². The van der Waals surface area contributed by atoms with Crippen LogP contribution in [0.3, 0.4) is 0 Å². The topological polar surface area (TPSA) is 89.4 Å². The summed E-state index contributed by atoms with van der Waals surface area (Å²) in [5.74, 6) is -4.84. The van der Waals surface area contributed by atoms with Crippen LogP contribution in [0.2, 0.25) is 0 Å². The molecule has 1 heterocycles. The van der Waals surface area contributed by atoms with Crippen LogP contribution in [-0.4, -0.2) is 16.7 Å². The zero-order chi connectivity index (χ0) is 16.4. The van der Waals surface area contributed by atoms with Gasteiger partial charge in [-0.25, -0.2) is 13.2 Å². The normalized spacial score (nSPS) is 14.4. The Morgan fingerprint density at radius 1 is 1.09 bits per heavy atom. The van der Waals surface area contributed by atoms with Gasteiger partial charge >= 0.3 is 0 Å². The molecule has 1 aromatic rings. The van der Waals surface area contributed by atoms with E-state index < -0.39 is 41.4 Å². The maximum Gasteiger partial charge on any atom is 0.265 e. The van der Waals surface area contributed by atoms with Gasteiger partial charge in [-0.15, -0.1) is 0 Å². The van der Waals surface area contributed by atoms with Crippen LogP contribution in [-0.2, 0) is 16.1 Å². The molecule has 0 fully saturated rings. The van der Waals surface area contributed by atoms with E-state index >= 15 is 0 Å². The van der Waals surface area contributed by atoms with E-state index in [1.54, 1.807) is 0 Å². The number of carbonyl (C=O) groups is 2. The van der Waals surface area contributed by atoms with Gasteiger partial charge in [-0.2, -0.15) is 0 Å². The molecule has 22 heavy (non-hydrogen) atoms. The number of halogens is 3. The second-order valence-electron chi connectivity index (χ2n) is 4.65. The summed E-state index contributed by atoms with van der Waals surface area (Å²) >= 11 is 0. The molecule has 116 valence electrons. The number of nitrogens with two attached hydrogens (primary N) is 2. The summed E-state index contributed by atoms with van der Waals surface area (Å²) in [5.41, 5.74) is 9.99. The molecule has 2 amide bonds. The van der Waals surface area contributed by atoms with Gasteiger partial charge in [0.25, 0.3) is 5.91 Å². The molecule has 0 bridgehead atoms. The predicted octanol–water partition coefficient (Wildman–Crippen LogP) is 1.05. The fourth-order valence-corrected chi connectivity index (χ4v) is 2.06. The highest BCUT2D eigenvalue weighted by Gasteiger charge is 2.23. The summed E-state index contributed by atoms with van der Waals surface area (Å²) in [6.07, 6.45) is 2.62. The molecule has 0 unspecified atom stereocenters. The fourth-order valence-electron chi connectivity index (χ4n) is 2.06. The summed E-state index contributed by atoms with van der Waals surface area (Å²) in [7, 11) is 0. The molecule has 0 atom stereocenters. The zero-order valence-corrected chi connectivity index (χ0v) is 11.3. The van der Waals surface area contributed by atoms with Crippen molar-refractivity contribution in [1.29, 1.82) is 0 Å². The van der Waals surface area contributed by atoms with E-state index in [-0.39, 0.29) is 17.7 Å². The summed E-state index contributed by atoms with van der Waals surface area (Å²) in [5, 5.41) is 0. The Morgan fingerprint density at radius 2 is 1.68 bits per heavy atom. The maximum atomic E-state index is 13.7. The van der Waals surface area contributed by atoms with Gasteiger partial charge in [-0.3, -0.25) is 9.59 Å². The van der Waals surface area contributed by atoms with E-state index in [0.29, 0.717) is 12.1 Å². The van der Waals surface area contributed by atoms with Crippen molar-refractivity contribution < 1.29 is 22.8 Å². The molecule has 0 saturated heterocycles. The van der Waals surface area contributed by atoms with Gasteiger partial charge in [0.15, 0.2) is 0 Å². The van der Waals surface area contributed by atoms with E-state index in [0.717, 1.165) is 4.90 Å². The SMILES string of the molecule is NC(=O)C1=CN(Cc2c(F)cc(F)cc2F)C(C(N)=O)=CC1. The van der Waals surface area contributed by atoms with E-state index in [4.69, 9.17) is 11.5 Å². The summed E-state index contributed by atoms with van der Waals surface area (Å²) in [6.45, 7) is -0.441. The van der Waals surface area contributed by atoms with Crippen LogP contribution in [0, 0.1) is 17.5 Å². The van der Waals surface area contributed by atoms with Crippen LogP contribution < -0.4 is 11.5 Å². The first-order chi connectivity index (χ1) is 10.3. The Balaban J connectivity index is 2.39. The standard InChI is InChI=1S/C14H12F3N3O2/c15-8-3-10(16)9(11(17)4-8)6-20-5-7(13(18)21)1-2-12(20)14(19)22/h2-5H,1,6H2,(H2,18,21)(H2,19,22). The minimum Gasteiger partial charge on any atom is -0.366 e. The Hall–Kier alpha value is -2.77. The predicted molar refractivity (Wildman–Crippen MR) is 71.0 cm³/mol. The third-order valence-corrected chi connectivity index (χ3v) is 3.14. The third kappa shape index (κ3) is 3.11. The highest BCUT2D eigenvalue weighted by Crippen LogP contribution is 2.24. The van der Waals surface area contributed by atoms with E-state index in [1.807, 2.05) is 0 Å². The molecule has 0 aromatic heterocycles. The first-order valence-electron chi connectivity index (χ1n) is 6.20. The minimum absolute atomic E-state index is 0.0341. The molecule has 1 aliphatic rings. The fraction of sp³-hybridized carbons (Fsp3) is 0.143. The lowest BCUT2D eigenvalue weighted by Crippen LogP contribution is -2.32. The highest BCUT2D eigenvalue weighted by molar-refractivity contribution is 5.95. The van der Waals surface area contributed by atoms with Crippen molar-refractivity contribution in [3.8, 4) is 0 Å². The molecular weight excluding hydrogens is 299 g/mol. The van der Waals surface area contributed by atoms with Crippen molar-refractivity contribution in [2.45, 2.75) is 13.0 Å². The number of allylic oxidation sites excluding steroid dienone is 1. The quantitative estimate of drug-likeness (QED) is 0.871. The molecule has 0 saturated carbocycles. The molecule has 8 heteroatoms. The monoisotopic (exact) mass is 311 g/mol. The lowest BCUT2D eigenvalue weighted by molar-refractivity contribution is -0.117. The van der Waals surface area contributed by atoms with Crippen LogP contribution in [0.5, 0.6) is 0 Å². The smallest absolute Gasteiger partial charge is 0.265 e. The van der Waals surface area contributed by atoms with Gasteiger partial charge in [-0.1, -0.05) is 6.08 Å². The number of hydrogen-bond acceptors (Lipinski definition) is 3. The Morgan fingerprint density at radius 3 is 2.18 bits per heavy atom. The highest BCUT2D eigenvalue weighted by atomic mass is 19.1.